The van der Waals surface area contributed by atoms with E-state index in [-0.39, 0.29) is 35.4 Å². The lowest BCUT2D eigenvalue weighted by Gasteiger charge is -2.17. The Morgan fingerprint density at radius 3 is 1.34 bits per heavy atom. The van der Waals surface area contributed by atoms with E-state index >= 15 is 0 Å². The molecular formula is C28H26N4O4S2. The van der Waals surface area contributed by atoms with Gasteiger partial charge >= 0.3 is 0 Å². The standard InChI is InChI=1S/C28H26N4O4S2/c1-17-7-3-5-9-21(17)29-23-25(33)31(27(35)37-23)15-19-11-13-20(14-12-19)16-32-26(34)24(38-28(32)36)30-22-10-6-4-8-18(22)2/h3-14,23-24,29-30H,15-16H2,1-2H3/t23-,24-/m0/s1. The molecule has 0 radical (unpaired) electrons. The molecule has 2 saturated heterocycles. The van der Waals surface area contributed by atoms with Crippen molar-refractivity contribution in [1.29, 1.82) is 0 Å². The Kier molecular flexibility index (Phi) is 7.44. The molecule has 0 spiro atoms. The molecule has 2 aliphatic rings. The fourth-order valence-corrected chi connectivity index (χ4v) is 6.02. The van der Waals surface area contributed by atoms with E-state index in [1.54, 1.807) is 0 Å². The first-order valence-corrected chi connectivity index (χ1v) is 13.8. The number of nitrogens with zero attached hydrogens (tertiary/aromatic N) is 2. The van der Waals surface area contributed by atoms with Crippen LogP contribution in [0.4, 0.5) is 21.0 Å². The molecule has 0 bridgehead atoms. The Labute approximate surface area is 229 Å². The first-order chi connectivity index (χ1) is 18.3. The van der Waals surface area contributed by atoms with Crippen LogP contribution in [-0.2, 0) is 22.7 Å². The van der Waals surface area contributed by atoms with Crippen LogP contribution in [0, 0.1) is 13.8 Å². The number of nitrogens with one attached hydrogen (secondary N) is 2. The zero-order valence-corrected chi connectivity index (χ0v) is 22.5. The number of hydrogen-bond acceptors (Lipinski definition) is 8. The molecule has 194 valence electrons. The van der Waals surface area contributed by atoms with Gasteiger partial charge in [0.05, 0.1) is 13.1 Å². The fourth-order valence-electron chi connectivity index (χ4n) is 4.23. The zero-order valence-electron chi connectivity index (χ0n) is 20.8. The van der Waals surface area contributed by atoms with Crippen LogP contribution < -0.4 is 10.6 Å². The van der Waals surface area contributed by atoms with Gasteiger partial charge in [0.2, 0.25) is 0 Å². The minimum atomic E-state index is -0.672. The van der Waals surface area contributed by atoms with Crippen LogP contribution in [0.15, 0.2) is 72.8 Å². The molecule has 0 aliphatic carbocycles. The highest BCUT2D eigenvalue weighted by Gasteiger charge is 2.41. The van der Waals surface area contributed by atoms with Crippen LogP contribution >= 0.6 is 23.5 Å². The summed E-state index contributed by atoms with van der Waals surface area (Å²) >= 11 is 1.93. The third-order valence-electron chi connectivity index (χ3n) is 6.43. The minimum Gasteiger partial charge on any atom is -0.365 e. The van der Waals surface area contributed by atoms with Crippen LogP contribution in [0.25, 0.3) is 0 Å². The van der Waals surface area contributed by atoms with E-state index in [0.29, 0.717) is 0 Å². The Bertz CT molecular complexity index is 1310. The SMILES string of the molecule is Cc1ccccc1N[C@H]1SC(=O)N(Cc2ccc(CN3C(=O)S[C@H](Nc4ccccc4C)C3=O)cc2)C1=O. The Balaban J connectivity index is 1.19. The van der Waals surface area contributed by atoms with Crippen molar-refractivity contribution in [1.82, 2.24) is 9.80 Å². The van der Waals surface area contributed by atoms with Gasteiger partial charge in [-0.15, -0.1) is 0 Å². The molecule has 0 aromatic heterocycles. The number of anilines is 2. The summed E-state index contributed by atoms with van der Waals surface area (Å²) in [5.74, 6) is -0.574. The molecule has 8 nitrogen and oxygen atoms in total. The quantitative estimate of drug-likeness (QED) is 0.378. The summed E-state index contributed by atoms with van der Waals surface area (Å²) in [7, 11) is 0. The lowest BCUT2D eigenvalue weighted by atomic mass is 10.1. The zero-order chi connectivity index (χ0) is 26.8. The molecule has 4 amide bonds. The van der Waals surface area contributed by atoms with E-state index in [4.69, 9.17) is 0 Å². The summed E-state index contributed by atoms with van der Waals surface area (Å²) in [6, 6.07) is 22.5. The third-order valence-corrected chi connectivity index (χ3v) is 8.38. The molecule has 10 heteroatoms. The van der Waals surface area contributed by atoms with E-state index in [2.05, 4.69) is 10.6 Å². The number of carbonyl (C=O) groups excluding carboxylic acids is 4. The van der Waals surface area contributed by atoms with Crippen molar-refractivity contribution in [2.24, 2.45) is 0 Å². The Morgan fingerprint density at radius 1 is 0.605 bits per heavy atom. The molecule has 0 saturated carbocycles. The van der Waals surface area contributed by atoms with Gasteiger partial charge in [0, 0.05) is 11.4 Å². The number of para-hydroxylation sites is 2. The van der Waals surface area contributed by atoms with Crippen LogP contribution in [-0.4, -0.2) is 42.8 Å². The number of amides is 4. The van der Waals surface area contributed by atoms with Gasteiger partial charge in [-0.1, -0.05) is 60.7 Å². The highest BCUT2D eigenvalue weighted by molar-refractivity contribution is 8.15. The van der Waals surface area contributed by atoms with Gasteiger partial charge in [-0.05, 0) is 71.8 Å². The topological polar surface area (TPSA) is 98.8 Å². The first-order valence-electron chi connectivity index (χ1n) is 12.1. The number of benzene rings is 3. The van der Waals surface area contributed by atoms with E-state index < -0.39 is 10.7 Å². The fraction of sp³-hybridized carbons (Fsp3) is 0.214. The maximum absolute atomic E-state index is 12.9. The monoisotopic (exact) mass is 546 g/mol. The summed E-state index contributed by atoms with van der Waals surface area (Å²) in [6.07, 6.45) is 0. The number of aryl methyl sites for hydroxylation is 2. The first kappa shape index (κ1) is 25.9. The second-order valence-corrected chi connectivity index (χ2v) is 11.2. The average molecular weight is 547 g/mol. The molecule has 3 aromatic rings. The minimum absolute atomic E-state index is 0.150. The second kappa shape index (κ2) is 10.9. The predicted molar refractivity (Wildman–Crippen MR) is 151 cm³/mol. The molecule has 3 aromatic carbocycles. The van der Waals surface area contributed by atoms with Crippen molar-refractivity contribution >= 4 is 57.2 Å². The Morgan fingerprint density at radius 2 is 0.974 bits per heavy atom. The van der Waals surface area contributed by atoms with E-state index in [0.717, 1.165) is 57.2 Å². The maximum Gasteiger partial charge on any atom is 0.291 e. The highest BCUT2D eigenvalue weighted by atomic mass is 32.2. The summed E-state index contributed by atoms with van der Waals surface area (Å²) < 4.78 is 0. The molecule has 38 heavy (non-hydrogen) atoms. The molecule has 0 unspecified atom stereocenters. The van der Waals surface area contributed by atoms with E-state index in [9.17, 15) is 19.2 Å². The molecule has 2 atom stereocenters. The normalized spacial score (nSPS) is 19.4. The largest absolute Gasteiger partial charge is 0.365 e. The molecule has 2 heterocycles. The maximum atomic E-state index is 12.9. The number of carbonyl (C=O) groups is 4. The average Bonchev–Trinajstić information content (AvgIpc) is 3.32. The van der Waals surface area contributed by atoms with Crippen molar-refractivity contribution in [3.05, 3.63) is 95.1 Å². The summed E-state index contributed by atoms with van der Waals surface area (Å²) in [5, 5.41) is 4.37. The number of thioether (sulfide) groups is 2. The van der Waals surface area contributed by atoms with Gasteiger partial charge in [0.15, 0.2) is 10.7 Å². The third kappa shape index (κ3) is 5.41. The Hall–Kier alpha value is -3.76. The van der Waals surface area contributed by atoms with E-state index in [1.165, 1.54) is 9.80 Å². The van der Waals surface area contributed by atoms with Crippen molar-refractivity contribution in [2.45, 2.75) is 37.7 Å². The van der Waals surface area contributed by atoms with Crippen molar-refractivity contribution in [2.75, 3.05) is 10.6 Å². The lowest BCUT2D eigenvalue weighted by Crippen LogP contribution is -2.34. The molecular weight excluding hydrogens is 520 g/mol. The van der Waals surface area contributed by atoms with Crippen LogP contribution in [0.2, 0.25) is 0 Å². The smallest absolute Gasteiger partial charge is 0.291 e. The van der Waals surface area contributed by atoms with Gasteiger partial charge in [0.25, 0.3) is 22.3 Å². The van der Waals surface area contributed by atoms with Crippen LogP contribution in [0.3, 0.4) is 0 Å². The van der Waals surface area contributed by atoms with Gasteiger partial charge in [-0.25, -0.2) is 0 Å². The predicted octanol–water partition coefficient (Wildman–Crippen LogP) is 5.57. The van der Waals surface area contributed by atoms with Gasteiger partial charge in [-0.2, -0.15) is 0 Å². The summed E-state index contributed by atoms with van der Waals surface area (Å²) in [4.78, 5) is 53.4. The lowest BCUT2D eigenvalue weighted by molar-refractivity contribution is -0.127. The highest BCUT2D eigenvalue weighted by Crippen LogP contribution is 2.32. The number of hydrogen-bond donors (Lipinski definition) is 2. The van der Waals surface area contributed by atoms with Crippen molar-refractivity contribution in [3.63, 3.8) is 0 Å². The van der Waals surface area contributed by atoms with Gasteiger partial charge in [-0.3, -0.25) is 29.0 Å². The summed E-state index contributed by atoms with van der Waals surface area (Å²) in [5.41, 5.74) is 5.18. The van der Waals surface area contributed by atoms with Crippen LogP contribution in [0.5, 0.6) is 0 Å². The molecule has 5 rings (SSSR count). The number of imide groups is 2. The summed E-state index contributed by atoms with van der Waals surface area (Å²) in [6.45, 7) is 4.18. The molecule has 2 aliphatic heterocycles. The van der Waals surface area contributed by atoms with Crippen LogP contribution in [0.1, 0.15) is 22.3 Å². The number of rotatable bonds is 8. The van der Waals surface area contributed by atoms with Crippen molar-refractivity contribution < 1.29 is 19.2 Å². The van der Waals surface area contributed by atoms with Crippen molar-refractivity contribution in [3.8, 4) is 0 Å². The molecule has 2 fully saturated rings. The van der Waals surface area contributed by atoms with E-state index in [1.807, 2.05) is 86.6 Å². The molecule has 2 N–H and O–H groups in total. The van der Waals surface area contributed by atoms with Gasteiger partial charge in [0.1, 0.15) is 0 Å². The second-order valence-electron chi connectivity index (χ2n) is 9.11. The van der Waals surface area contributed by atoms with Gasteiger partial charge < -0.3 is 10.6 Å².